The number of aliphatic hydroxyl groups is 1. The van der Waals surface area contributed by atoms with Gasteiger partial charge in [0.2, 0.25) is 0 Å². The van der Waals surface area contributed by atoms with Crippen LogP contribution < -0.4 is 0 Å². The lowest BCUT2D eigenvalue weighted by atomic mass is 9.78. The van der Waals surface area contributed by atoms with Crippen molar-refractivity contribution >= 4 is 0 Å². The van der Waals surface area contributed by atoms with E-state index in [2.05, 4.69) is 0 Å². The van der Waals surface area contributed by atoms with Crippen molar-refractivity contribution < 1.29 is 9.52 Å². The lowest BCUT2D eigenvalue weighted by Crippen LogP contribution is -2.30. The maximum absolute atomic E-state index is 10.8. The topological polar surface area (TPSA) is 33.4 Å². The van der Waals surface area contributed by atoms with Crippen LogP contribution in [0.25, 0.3) is 0 Å². The van der Waals surface area contributed by atoms with E-state index in [1.54, 1.807) is 6.26 Å². The lowest BCUT2D eigenvalue weighted by molar-refractivity contribution is 0.0589. The standard InChI is InChI=1S/C14H14O2/c15-14(11-5-2-1-3-6-11)9-4-7-13-12(14)8-10-16-13/h1-3,5-6,8,10,15H,4,7,9H2. The average molecular weight is 214 g/mol. The molecule has 0 amide bonds. The summed E-state index contributed by atoms with van der Waals surface area (Å²) in [5, 5.41) is 10.8. The van der Waals surface area contributed by atoms with Crippen molar-refractivity contribution in [3.05, 3.63) is 59.5 Å². The van der Waals surface area contributed by atoms with Crippen molar-refractivity contribution in [2.45, 2.75) is 24.9 Å². The van der Waals surface area contributed by atoms with Gasteiger partial charge in [-0.2, -0.15) is 0 Å². The Kier molecular flexibility index (Phi) is 2.11. The molecule has 1 heterocycles. The molecular formula is C14H14O2. The lowest BCUT2D eigenvalue weighted by Gasteiger charge is -2.32. The molecule has 1 unspecified atom stereocenters. The van der Waals surface area contributed by atoms with Gasteiger partial charge in [-0.3, -0.25) is 0 Å². The Morgan fingerprint density at radius 1 is 1.12 bits per heavy atom. The van der Waals surface area contributed by atoms with E-state index < -0.39 is 5.60 Å². The van der Waals surface area contributed by atoms with Crippen molar-refractivity contribution in [2.75, 3.05) is 0 Å². The molecule has 16 heavy (non-hydrogen) atoms. The summed E-state index contributed by atoms with van der Waals surface area (Å²) in [6, 6.07) is 11.7. The van der Waals surface area contributed by atoms with Gasteiger partial charge in [0, 0.05) is 12.0 Å². The summed E-state index contributed by atoms with van der Waals surface area (Å²) < 4.78 is 5.41. The summed E-state index contributed by atoms with van der Waals surface area (Å²) in [4.78, 5) is 0. The van der Waals surface area contributed by atoms with Gasteiger partial charge in [-0.15, -0.1) is 0 Å². The zero-order valence-corrected chi connectivity index (χ0v) is 9.02. The molecule has 0 bridgehead atoms. The zero-order chi connectivity index (χ0) is 11.0. The molecule has 1 aromatic heterocycles. The van der Waals surface area contributed by atoms with Gasteiger partial charge in [0.25, 0.3) is 0 Å². The van der Waals surface area contributed by atoms with Gasteiger partial charge in [-0.1, -0.05) is 30.3 Å². The minimum atomic E-state index is -0.859. The fourth-order valence-electron chi connectivity index (χ4n) is 2.56. The molecule has 0 aliphatic heterocycles. The Labute approximate surface area is 94.5 Å². The SMILES string of the molecule is OC1(c2ccccc2)CCCc2occc21. The van der Waals surface area contributed by atoms with E-state index in [4.69, 9.17) is 4.42 Å². The highest BCUT2D eigenvalue weighted by atomic mass is 16.3. The quantitative estimate of drug-likeness (QED) is 0.791. The number of rotatable bonds is 1. The number of furan rings is 1. The monoisotopic (exact) mass is 214 g/mol. The van der Waals surface area contributed by atoms with Crippen LogP contribution >= 0.6 is 0 Å². The number of aryl methyl sites for hydroxylation is 1. The molecule has 0 saturated carbocycles. The van der Waals surface area contributed by atoms with Crippen LogP contribution in [0.2, 0.25) is 0 Å². The summed E-state index contributed by atoms with van der Waals surface area (Å²) in [6.07, 6.45) is 4.33. The van der Waals surface area contributed by atoms with E-state index in [-0.39, 0.29) is 0 Å². The van der Waals surface area contributed by atoms with Gasteiger partial charge in [0.1, 0.15) is 11.4 Å². The molecule has 1 aromatic carbocycles. The van der Waals surface area contributed by atoms with E-state index >= 15 is 0 Å². The molecule has 2 nitrogen and oxygen atoms in total. The van der Waals surface area contributed by atoms with Gasteiger partial charge < -0.3 is 9.52 Å². The van der Waals surface area contributed by atoms with E-state index in [1.807, 2.05) is 36.4 Å². The summed E-state index contributed by atoms with van der Waals surface area (Å²) in [7, 11) is 0. The largest absolute Gasteiger partial charge is 0.469 e. The maximum Gasteiger partial charge on any atom is 0.118 e. The van der Waals surface area contributed by atoms with Crippen LogP contribution in [0.15, 0.2) is 47.1 Å². The van der Waals surface area contributed by atoms with Crippen LogP contribution in [-0.2, 0) is 12.0 Å². The number of fused-ring (bicyclic) bond motifs is 1. The molecule has 1 aliphatic carbocycles. The van der Waals surface area contributed by atoms with E-state index in [0.717, 1.165) is 36.1 Å². The molecule has 0 radical (unpaired) electrons. The predicted molar refractivity (Wildman–Crippen MR) is 61.1 cm³/mol. The fourth-order valence-corrected chi connectivity index (χ4v) is 2.56. The van der Waals surface area contributed by atoms with Crippen molar-refractivity contribution in [3.8, 4) is 0 Å². The summed E-state index contributed by atoms with van der Waals surface area (Å²) >= 11 is 0. The predicted octanol–water partition coefficient (Wildman–Crippen LogP) is 2.85. The zero-order valence-electron chi connectivity index (χ0n) is 9.02. The third-order valence-electron chi connectivity index (χ3n) is 3.38. The first-order valence-corrected chi connectivity index (χ1v) is 5.65. The Morgan fingerprint density at radius 2 is 1.94 bits per heavy atom. The summed E-state index contributed by atoms with van der Waals surface area (Å²) in [5.74, 6) is 0.928. The van der Waals surface area contributed by atoms with Gasteiger partial charge in [-0.25, -0.2) is 0 Å². The molecule has 2 aromatic rings. The normalized spacial score (nSPS) is 24.1. The fraction of sp³-hybridized carbons (Fsp3) is 0.286. The Morgan fingerprint density at radius 3 is 2.75 bits per heavy atom. The van der Waals surface area contributed by atoms with E-state index in [0.29, 0.717) is 0 Å². The van der Waals surface area contributed by atoms with Gasteiger partial charge >= 0.3 is 0 Å². The molecule has 3 rings (SSSR count). The maximum atomic E-state index is 10.8. The number of hydrogen-bond donors (Lipinski definition) is 1. The molecule has 1 N–H and O–H groups in total. The Balaban J connectivity index is 2.14. The second-order valence-corrected chi connectivity index (χ2v) is 4.34. The van der Waals surface area contributed by atoms with Gasteiger partial charge in [0.15, 0.2) is 0 Å². The third-order valence-corrected chi connectivity index (χ3v) is 3.38. The van der Waals surface area contributed by atoms with Crippen LogP contribution in [0.3, 0.4) is 0 Å². The molecule has 0 spiro atoms. The van der Waals surface area contributed by atoms with Crippen LogP contribution in [0, 0.1) is 0 Å². The van der Waals surface area contributed by atoms with E-state index in [9.17, 15) is 5.11 Å². The minimum Gasteiger partial charge on any atom is -0.469 e. The molecule has 0 fully saturated rings. The highest BCUT2D eigenvalue weighted by Gasteiger charge is 2.37. The summed E-state index contributed by atoms with van der Waals surface area (Å²) in [5.41, 5.74) is 1.03. The number of benzene rings is 1. The molecular weight excluding hydrogens is 200 g/mol. The minimum absolute atomic E-state index is 0.767. The average Bonchev–Trinajstić information content (AvgIpc) is 2.80. The van der Waals surface area contributed by atoms with Crippen molar-refractivity contribution in [2.24, 2.45) is 0 Å². The number of hydrogen-bond acceptors (Lipinski definition) is 2. The van der Waals surface area contributed by atoms with Crippen LogP contribution in [-0.4, -0.2) is 5.11 Å². The first-order valence-electron chi connectivity index (χ1n) is 5.65. The third kappa shape index (κ3) is 1.30. The van der Waals surface area contributed by atoms with Crippen molar-refractivity contribution in [1.82, 2.24) is 0 Å². The Bertz CT molecular complexity index is 486. The molecule has 0 saturated heterocycles. The van der Waals surface area contributed by atoms with Crippen molar-refractivity contribution in [1.29, 1.82) is 0 Å². The smallest absolute Gasteiger partial charge is 0.118 e. The van der Waals surface area contributed by atoms with Gasteiger partial charge in [0.05, 0.1) is 6.26 Å². The molecule has 82 valence electrons. The molecule has 1 atom stereocenters. The van der Waals surface area contributed by atoms with Gasteiger partial charge in [-0.05, 0) is 24.5 Å². The summed E-state index contributed by atoms with van der Waals surface area (Å²) in [6.45, 7) is 0. The molecule has 1 aliphatic rings. The van der Waals surface area contributed by atoms with Crippen LogP contribution in [0.5, 0.6) is 0 Å². The second-order valence-electron chi connectivity index (χ2n) is 4.34. The second kappa shape index (κ2) is 3.49. The highest BCUT2D eigenvalue weighted by Crippen LogP contribution is 2.40. The Hall–Kier alpha value is -1.54. The van der Waals surface area contributed by atoms with Crippen molar-refractivity contribution in [3.63, 3.8) is 0 Å². The van der Waals surface area contributed by atoms with E-state index in [1.165, 1.54) is 0 Å². The molecule has 2 heteroatoms. The highest BCUT2D eigenvalue weighted by molar-refractivity contribution is 5.39. The van der Waals surface area contributed by atoms with Crippen LogP contribution in [0.4, 0.5) is 0 Å². The first kappa shape index (κ1) is 9.67. The first-order chi connectivity index (χ1) is 7.81. The van der Waals surface area contributed by atoms with Crippen LogP contribution in [0.1, 0.15) is 29.7 Å².